The first-order valence-electron chi connectivity index (χ1n) is 6.32. The van der Waals surface area contributed by atoms with Crippen molar-refractivity contribution in [2.24, 2.45) is 0 Å². The predicted molar refractivity (Wildman–Crippen MR) is 73.0 cm³/mol. The van der Waals surface area contributed by atoms with Crippen molar-refractivity contribution in [3.63, 3.8) is 0 Å². The molecule has 1 aromatic rings. The molecule has 2 heteroatoms. The maximum atomic E-state index is 11.8. The van der Waals surface area contributed by atoms with Crippen molar-refractivity contribution in [2.75, 3.05) is 7.11 Å². The fourth-order valence-corrected chi connectivity index (χ4v) is 2.31. The van der Waals surface area contributed by atoms with Gasteiger partial charge in [0.2, 0.25) is 0 Å². The fraction of sp³-hybridized carbons (Fsp3) is 0.312. The van der Waals surface area contributed by atoms with E-state index >= 15 is 0 Å². The summed E-state index contributed by atoms with van der Waals surface area (Å²) in [6, 6.07) is 10.2. The molecule has 18 heavy (non-hydrogen) atoms. The molecule has 0 unspecified atom stereocenters. The lowest BCUT2D eigenvalue weighted by Crippen LogP contribution is -2.05. The van der Waals surface area contributed by atoms with E-state index in [1.807, 2.05) is 18.2 Å². The monoisotopic (exact) mass is 242 g/mol. The van der Waals surface area contributed by atoms with E-state index in [2.05, 4.69) is 25.1 Å². The normalized spacial score (nSPS) is 14.7. The minimum Gasteiger partial charge on any atom is -0.466 e. The molecule has 2 nitrogen and oxygen atoms in total. The second-order valence-electron chi connectivity index (χ2n) is 4.46. The van der Waals surface area contributed by atoms with Crippen LogP contribution in [0.15, 0.2) is 47.6 Å². The molecule has 1 aromatic carbocycles. The molecular weight excluding hydrogens is 224 g/mol. The van der Waals surface area contributed by atoms with Crippen molar-refractivity contribution < 1.29 is 9.53 Å². The topological polar surface area (TPSA) is 26.3 Å². The number of rotatable bonds is 4. The van der Waals surface area contributed by atoms with Gasteiger partial charge in [-0.1, -0.05) is 49.8 Å². The van der Waals surface area contributed by atoms with Gasteiger partial charge in [0, 0.05) is 12.0 Å². The number of hydrogen-bond acceptors (Lipinski definition) is 2. The second kappa shape index (κ2) is 5.67. The third kappa shape index (κ3) is 2.53. The number of esters is 1. The third-order valence-corrected chi connectivity index (χ3v) is 3.20. The van der Waals surface area contributed by atoms with Crippen LogP contribution in [0.2, 0.25) is 0 Å². The first kappa shape index (κ1) is 12.6. The Morgan fingerprint density at radius 3 is 2.61 bits per heavy atom. The van der Waals surface area contributed by atoms with E-state index in [0.717, 1.165) is 24.0 Å². The van der Waals surface area contributed by atoms with Crippen molar-refractivity contribution in [1.82, 2.24) is 0 Å². The van der Waals surface area contributed by atoms with Gasteiger partial charge in [0.1, 0.15) is 0 Å². The Kier molecular flexibility index (Phi) is 3.98. The first-order valence-corrected chi connectivity index (χ1v) is 6.32. The summed E-state index contributed by atoms with van der Waals surface area (Å²) in [5, 5.41) is 0. The molecule has 0 fully saturated rings. The van der Waals surface area contributed by atoms with Crippen LogP contribution in [-0.4, -0.2) is 13.1 Å². The first-order chi connectivity index (χ1) is 8.76. The van der Waals surface area contributed by atoms with Crippen LogP contribution in [0.1, 0.15) is 31.7 Å². The van der Waals surface area contributed by atoms with Gasteiger partial charge in [-0.05, 0) is 23.1 Å². The Balaban J connectivity index is 2.26. The molecule has 0 amide bonds. The Labute approximate surface area is 108 Å². The highest BCUT2D eigenvalue weighted by atomic mass is 16.5. The van der Waals surface area contributed by atoms with Crippen molar-refractivity contribution >= 4 is 11.5 Å². The van der Waals surface area contributed by atoms with Crippen molar-refractivity contribution in [3.8, 4) is 0 Å². The molecule has 94 valence electrons. The quantitative estimate of drug-likeness (QED) is 0.752. The van der Waals surface area contributed by atoms with E-state index in [0.29, 0.717) is 6.42 Å². The van der Waals surface area contributed by atoms with Crippen LogP contribution in [0.5, 0.6) is 0 Å². The molecule has 0 heterocycles. The minimum atomic E-state index is -0.194. The summed E-state index contributed by atoms with van der Waals surface area (Å²) in [5.41, 5.74) is 4.34. The lowest BCUT2D eigenvalue weighted by Gasteiger charge is -2.04. The van der Waals surface area contributed by atoms with Gasteiger partial charge in [-0.2, -0.15) is 0 Å². The van der Waals surface area contributed by atoms with Gasteiger partial charge >= 0.3 is 5.97 Å². The van der Waals surface area contributed by atoms with Gasteiger partial charge < -0.3 is 4.74 Å². The Hall–Kier alpha value is -1.83. The number of methoxy groups -OCH3 is 1. The highest BCUT2D eigenvalue weighted by Gasteiger charge is 2.22. The second-order valence-corrected chi connectivity index (χ2v) is 4.46. The van der Waals surface area contributed by atoms with Crippen LogP contribution in [0.3, 0.4) is 0 Å². The van der Waals surface area contributed by atoms with Crippen molar-refractivity contribution in [1.29, 1.82) is 0 Å². The molecule has 1 aliphatic rings. The lowest BCUT2D eigenvalue weighted by molar-refractivity contribution is -0.136. The summed E-state index contributed by atoms with van der Waals surface area (Å²) in [6.45, 7) is 2.12. The van der Waals surface area contributed by atoms with E-state index in [1.165, 1.54) is 18.2 Å². The molecule has 0 saturated carbocycles. The SMILES string of the molecule is CCCC1=C(C(=O)OC)CC(c2ccccc2)=C1. The van der Waals surface area contributed by atoms with E-state index in [1.54, 1.807) is 0 Å². The highest BCUT2D eigenvalue weighted by molar-refractivity contribution is 5.96. The molecular formula is C16H18O2. The number of hydrogen-bond donors (Lipinski definition) is 0. The van der Waals surface area contributed by atoms with Gasteiger partial charge in [0.25, 0.3) is 0 Å². The average Bonchev–Trinajstić information content (AvgIpc) is 2.83. The molecule has 1 aliphatic carbocycles. The fourth-order valence-electron chi connectivity index (χ4n) is 2.31. The minimum absolute atomic E-state index is 0.194. The summed E-state index contributed by atoms with van der Waals surface area (Å²) in [7, 11) is 1.44. The van der Waals surface area contributed by atoms with Gasteiger partial charge in [0.05, 0.1) is 7.11 Å². The van der Waals surface area contributed by atoms with Crippen LogP contribution in [0.4, 0.5) is 0 Å². The highest BCUT2D eigenvalue weighted by Crippen LogP contribution is 2.34. The summed E-state index contributed by atoms with van der Waals surface area (Å²) in [6.07, 6.45) is 4.80. The molecule has 0 saturated heterocycles. The Bertz CT molecular complexity index is 495. The molecule has 0 bridgehead atoms. The largest absolute Gasteiger partial charge is 0.466 e. The van der Waals surface area contributed by atoms with Crippen LogP contribution >= 0.6 is 0 Å². The smallest absolute Gasteiger partial charge is 0.334 e. The zero-order chi connectivity index (χ0) is 13.0. The average molecular weight is 242 g/mol. The summed E-state index contributed by atoms with van der Waals surface area (Å²) in [4.78, 5) is 11.8. The zero-order valence-electron chi connectivity index (χ0n) is 10.9. The van der Waals surface area contributed by atoms with Crippen LogP contribution in [0, 0.1) is 0 Å². The number of benzene rings is 1. The van der Waals surface area contributed by atoms with E-state index < -0.39 is 0 Å². The van der Waals surface area contributed by atoms with Crippen LogP contribution < -0.4 is 0 Å². The van der Waals surface area contributed by atoms with Crippen LogP contribution in [0.25, 0.3) is 5.57 Å². The molecule has 0 radical (unpaired) electrons. The maximum absolute atomic E-state index is 11.8. The van der Waals surface area contributed by atoms with E-state index in [9.17, 15) is 4.79 Å². The summed E-state index contributed by atoms with van der Waals surface area (Å²) in [5.74, 6) is -0.194. The number of ether oxygens (including phenoxy) is 1. The molecule has 0 spiro atoms. The molecule has 0 aromatic heterocycles. The van der Waals surface area contributed by atoms with Gasteiger partial charge in [-0.15, -0.1) is 0 Å². The van der Waals surface area contributed by atoms with Crippen molar-refractivity contribution in [3.05, 3.63) is 53.1 Å². The van der Waals surface area contributed by atoms with Gasteiger partial charge in [0.15, 0.2) is 0 Å². The maximum Gasteiger partial charge on any atom is 0.334 e. The van der Waals surface area contributed by atoms with Gasteiger partial charge in [-0.25, -0.2) is 4.79 Å². The number of carbonyl (C=O) groups is 1. The standard InChI is InChI=1S/C16H18O2/c1-3-7-13-10-14(11-15(13)16(17)18-2)12-8-5-4-6-9-12/h4-6,8-10H,3,7,11H2,1-2H3. The Morgan fingerprint density at radius 1 is 1.28 bits per heavy atom. The summed E-state index contributed by atoms with van der Waals surface area (Å²) >= 11 is 0. The third-order valence-electron chi connectivity index (χ3n) is 3.20. The Morgan fingerprint density at radius 2 is 2.00 bits per heavy atom. The predicted octanol–water partition coefficient (Wildman–Crippen LogP) is 3.74. The molecule has 2 rings (SSSR count). The summed E-state index contributed by atoms with van der Waals surface area (Å²) < 4.78 is 4.86. The molecule has 0 aliphatic heterocycles. The number of carbonyl (C=O) groups excluding carboxylic acids is 1. The van der Waals surface area contributed by atoms with Crippen LogP contribution in [-0.2, 0) is 9.53 Å². The van der Waals surface area contributed by atoms with Gasteiger partial charge in [-0.3, -0.25) is 0 Å². The molecule has 0 N–H and O–H groups in total. The zero-order valence-corrected chi connectivity index (χ0v) is 10.9. The number of allylic oxidation sites excluding steroid dienone is 3. The van der Waals surface area contributed by atoms with Crippen molar-refractivity contribution in [2.45, 2.75) is 26.2 Å². The molecule has 0 atom stereocenters. The van der Waals surface area contributed by atoms with E-state index in [4.69, 9.17) is 4.74 Å². The van der Waals surface area contributed by atoms with E-state index in [-0.39, 0.29) is 5.97 Å². The lowest BCUT2D eigenvalue weighted by atomic mass is 10.0.